The molecule has 2 heterocycles. The van der Waals surface area contributed by atoms with Crippen LogP contribution in [0, 0.1) is 10.1 Å². The van der Waals surface area contributed by atoms with Gasteiger partial charge in [0.25, 0.3) is 11.6 Å². The second kappa shape index (κ2) is 9.11. The minimum Gasteiger partial charge on any atom is -0.478 e. The van der Waals surface area contributed by atoms with Gasteiger partial charge in [0.05, 0.1) is 29.3 Å². The third kappa shape index (κ3) is 5.05. The molecule has 2 aliphatic heterocycles. The third-order valence-electron chi connectivity index (χ3n) is 5.14. The molecule has 3 rings (SSSR count). The van der Waals surface area contributed by atoms with Crippen LogP contribution in [0.5, 0.6) is 0 Å². The van der Waals surface area contributed by atoms with Gasteiger partial charge in [0.1, 0.15) is 0 Å². The van der Waals surface area contributed by atoms with E-state index in [2.05, 4.69) is 0 Å². The normalized spacial score (nSPS) is 20.7. The van der Waals surface area contributed by atoms with Gasteiger partial charge < -0.3 is 19.5 Å². The number of rotatable bonds is 6. The predicted molar refractivity (Wildman–Crippen MR) is 98.5 cm³/mol. The maximum Gasteiger partial charge on any atom is 0.335 e. The van der Waals surface area contributed by atoms with Crippen LogP contribution in [-0.4, -0.2) is 65.3 Å². The fraction of sp³-hybridized carbons (Fsp3) is 0.579. The van der Waals surface area contributed by atoms with Crippen molar-refractivity contribution < 1.29 is 29.1 Å². The number of aromatic carboxylic acids is 1. The highest BCUT2D eigenvalue weighted by atomic mass is 16.6. The second-order valence-electron chi connectivity index (χ2n) is 7.14. The number of nitrogens with zero attached hydrogens (tertiary/aromatic N) is 2. The van der Waals surface area contributed by atoms with Gasteiger partial charge in [-0.05, 0) is 38.2 Å². The maximum absolute atomic E-state index is 12.7. The Kier molecular flexibility index (Phi) is 6.58. The van der Waals surface area contributed by atoms with Crippen molar-refractivity contribution in [2.24, 2.45) is 0 Å². The number of likely N-dealkylation sites (tertiary alicyclic amines) is 1. The van der Waals surface area contributed by atoms with Crippen LogP contribution in [0.25, 0.3) is 0 Å². The average Bonchev–Trinajstić information content (AvgIpc) is 2.72. The van der Waals surface area contributed by atoms with Gasteiger partial charge >= 0.3 is 5.97 Å². The number of carboxylic acid groups (broad SMARTS) is 1. The molecule has 9 heteroatoms. The largest absolute Gasteiger partial charge is 0.478 e. The van der Waals surface area contributed by atoms with Gasteiger partial charge in [0.15, 0.2) is 0 Å². The molecular weight excluding hydrogens is 368 g/mol. The van der Waals surface area contributed by atoms with E-state index in [1.807, 2.05) is 0 Å². The molecule has 0 radical (unpaired) electrons. The summed E-state index contributed by atoms with van der Waals surface area (Å²) in [5.74, 6) is -1.71. The number of hydrogen-bond acceptors (Lipinski definition) is 6. The Morgan fingerprint density at radius 2 is 1.89 bits per heavy atom. The van der Waals surface area contributed by atoms with Crippen LogP contribution in [-0.2, 0) is 9.47 Å². The van der Waals surface area contributed by atoms with E-state index < -0.39 is 22.5 Å². The van der Waals surface area contributed by atoms with Gasteiger partial charge in [-0.3, -0.25) is 14.9 Å². The van der Waals surface area contributed by atoms with Crippen molar-refractivity contribution in [2.45, 2.75) is 44.3 Å². The summed E-state index contributed by atoms with van der Waals surface area (Å²) in [5, 5.41) is 20.2. The Morgan fingerprint density at radius 1 is 1.18 bits per heavy atom. The molecule has 1 aromatic carbocycles. The molecule has 152 valence electrons. The molecule has 0 spiro atoms. The first-order valence-corrected chi connectivity index (χ1v) is 9.49. The second-order valence-corrected chi connectivity index (χ2v) is 7.14. The minimum absolute atomic E-state index is 0.0153. The summed E-state index contributed by atoms with van der Waals surface area (Å²) in [6, 6.07) is 3.25. The number of nitro groups is 1. The van der Waals surface area contributed by atoms with Crippen LogP contribution in [0.1, 0.15) is 52.8 Å². The van der Waals surface area contributed by atoms with Crippen LogP contribution < -0.4 is 0 Å². The molecule has 28 heavy (non-hydrogen) atoms. The Bertz CT molecular complexity index is 706. The molecule has 2 saturated heterocycles. The van der Waals surface area contributed by atoms with Crippen molar-refractivity contribution in [1.29, 1.82) is 0 Å². The van der Waals surface area contributed by atoms with Crippen molar-refractivity contribution in [1.82, 2.24) is 4.90 Å². The molecule has 1 aromatic rings. The summed E-state index contributed by atoms with van der Waals surface area (Å²) in [6.45, 7) is 2.26. The number of non-ortho nitro benzene ring substituents is 1. The lowest BCUT2D eigenvalue weighted by atomic mass is 10.0. The summed E-state index contributed by atoms with van der Waals surface area (Å²) < 4.78 is 11.6. The summed E-state index contributed by atoms with van der Waals surface area (Å²) in [4.78, 5) is 35.8. The number of amides is 1. The zero-order valence-electron chi connectivity index (χ0n) is 15.5. The van der Waals surface area contributed by atoms with Gasteiger partial charge in [-0.15, -0.1) is 0 Å². The van der Waals surface area contributed by atoms with E-state index in [0.29, 0.717) is 32.5 Å². The van der Waals surface area contributed by atoms with E-state index in [9.17, 15) is 19.7 Å². The number of nitro benzene ring substituents is 1. The molecule has 2 fully saturated rings. The van der Waals surface area contributed by atoms with E-state index in [4.69, 9.17) is 14.6 Å². The quantitative estimate of drug-likeness (QED) is 0.583. The number of ether oxygens (including phenoxy) is 2. The Balaban J connectivity index is 1.57. The van der Waals surface area contributed by atoms with Gasteiger partial charge in [-0.2, -0.15) is 0 Å². The molecule has 1 unspecified atom stereocenters. The minimum atomic E-state index is -1.31. The first-order valence-electron chi connectivity index (χ1n) is 9.49. The van der Waals surface area contributed by atoms with Crippen molar-refractivity contribution in [3.8, 4) is 0 Å². The van der Waals surface area contributed by atoms with Crippen LogP contribution >= 0.6 is 0 Å². The van der Waals surface area contributed by atoms with Crippen molar-refractivity contribution in [2.75, 3.05) is 26.3 Å². The third-order valence-corrected chi connectivity index (χ3v) is 5.14. The van der Waals surface area contributed by atoms with Gasteiger partial charge in [-0.25, -0.2) is 4.79 Å². The molecule has 0 aromatic heterocycles. The molecular formula is C19H24N2O7. The number of carbonyl (C=O) groups is 2. The Labute approximate surface area is 162 Å². The van der Waals surface area contributed by atoms with Crippen molar-refractivity contribution in [3.05, 3.63) is 39.4 Å². The lowest BCUT2D eigenvalue weighted by Gasteiger charge is -2.33. The summed E-state index contributed by atoms with van der Waals surface area (Å²) in [7, 11) is 0. The number of hydrogen-bond donors (Lipinski definition) is 1. The first kappa shape index (κ1) is 20.2. The van der Waals surface area contributed by atoms with Crippen molar-refractivity contribution >= 4 is 17.6 Å². The highest BCUT2D eigenvalue weighted by molar-refractivity contribution is 5.98. The molecule has 2 aliphatic rings. The topological polar surface area (TPSA) is 119 Å². The van der Waals surface area contributed by atoms with Gasteiger partial charge in [0.2, 0.25) is 0 Å². The van der Waals surface area contributed by atoms with Crippen LogP contribution in [0.3, 0.4) is 0 Å². The standard InChI is InChI=1S/C19H24N2O7/c22-18(13-9-14(19(23)24)11-15(10-13)21(25)26)20-6-4-16(5-7-20)28-12-17-3-1-2-8-27-17/h9-11,16-17H,1-8,12H2,(H,23,24). The molecule has 0 saturated carbocycles. The maximum atomic E-state index is 12.7. The number of carbonyl (C=O) groups excluding carboxylic acids is 1. The zero-order valence-corrected chi connectivity index (χ0v) is 15.5. The molecule has 1 amide bonds. The summed E-state index contributed by atoms with van der Waals surface area (Å²) in [6.07, 6.45) is 4.79. The highest BCUT2D eigenvalue weighted by Gasteiger charge is 2.27. The number of piperidine rings is 1. The van der Waals surface area contributed by atoms with Crippen molar-refractivity contribution in [3.63, 3.8) is 0 Å². The first-order chi connectivity index (χ1) is 13.4. The van der Waals surface area contributed by atoms with Gasteiger partial charge in [-0.1, -0.05) is 0 Å². The van der Waals surface area contributed by atoms with E-state index >= 15 is 0 Å². The average molecular weight is 392 g/mol. The monoisotopic (exact) mass is 392 g/mol. The molecule has 9 nitrogen and oxygen atoms in total. The van der Waals surface area contributed by atoms with Gasteiger partial charge in [0, 0.05) is 37.4 Å². The SMILES string of the molecule is O=C(O)c1cc(C(=O)N2CCC(OCC3CCCCO3)CC2)cc([N+](=O)[O-])c1. The smallest absolute Gasteiger partial charge is 0.335 e. The zero-order chi connectivity index (χ0) is 20.1. The van der Waals surface area contributed by atoms with E-state index in [1.165, 1.54) is 6.07 Å². The number of carboxylic acids is 1. The Morgan fingerprint density at radius 3 is 2.50 bits per heavy atom. The molecule has 1 atom stereocenters. The summed E-state index contributed by atoms with van der Waals surface area (Å²) in [5.41, 5.74) is -0.668. The molecule has 1 N–H and O–H groups in total. The number of benzene rings is 1. The van der Waals surface area contributed by atoms with Crippen LogP contribution in [0.15, 0.2) is 18.2 Å². The van der Waals surface area contributed by atoms with Crippen LogP contribution in [0.2, 0.25) is 0 Å². The summed E-state index contributed by atoms with van der Waals surface area (Å²) >= 11 is 0. The van der Waals surface area contributed by atoms with E-state index in [-0.39, 0.29) is 23.3 Å². The predicted octanol–water partition coefficient (Wildman–Crippen LogP) is 2.48. The fourth-order valence-corrected chi connectivity index (χ4v) is 3.55. The van der Waals surface area contributed by atoms with E-state index in [1.54, 1.807) is 4.90 Å². The molecule has 0 bridgehead atoms. The highest BCUT2D eigenvalue weighted by Crippen LogP contribution is 2.22. The lowest BCUT2D eigenvalue weighted by Crippen LogP contribution is -2.41. The molecule has 0 aliphatic carbocycles. The Hall–Kier alpha value is -2.52. The van der Waals surface area contributed by atoms with E-state index in [0.717, 1.165) is 38.0 Å². The lowest BCUT2D eigenvalue weighted by molar-refractivity contribution is -0.384. The van der Waals surface area contributed by atoms with Crippen LogP contribution in [0.4, 0.5) is 5.69 Å². The fourth-order valence-electron chi connectivity index (χ4n) is 3.55.